The molecule has 5 atom stereocenters. The Morgan fingerprint density at radius 2 is 1.87 bits per heavy atom. The Morgan fingerprint density at radius 1 is 1.17 bits per heavy atom. The molecule has 0 aromatic heterocycles. The second kappa shape index (κ2) is 4.91. The number of rotatable bonds is 1. The van der Waals surface area contributed by atoms with E-state index < -0.39 is 36.1 Å². The van der Waals surface area contributed by atoms with E-state index >= 15 is 0 Å². The lowest BCUT2D eigenvalue weighted by Gasteiger charge is -2.50. The number of hydrogen-bond donors (Lipinski definition) is 2. The largest absolute Gasteiger partial charge is 0.454 e. The quantitative estimate of drug-likeness (QED) is 0.767. The van der Waals surface area contributed by atoms with E-state index in [1.165, 1.54) is 0 Å². The first kappa shape index (κ1) is 14.9. The van der Waals surface area contributed by atoms with Crippen molar-refractivity contribution >= 4 is 5.78 Å². The molecule has 1 saturated carbocycles. The van der Waals surface area contributed by atoms with Gasteiger partial charge in [-0.2, -0.15) is 0 Å². The summed E-state index contributed by atoms with van der Waals surface area (Å²) in [5.41, 5.74) is 6.98. The molecule has 1 aromatic rings. The minimum Gasteiger partial charge on any atom is -0.454 e. The van der Waals surface area contributed by atoms with Crippen molar-refractivity contribution in [2.45, 2.75) is 49.9 Å². The first-order chi connectivity index (χ1) is 10.9. The maximum absolute atomic E-state index is 12.5. The van der Waals surface area contributed by atoms with Crippen LogP contribution in [0.25, 0.3) is 0 Å². The number of aliphatic hydroxyl groups is 1. The average molecular weight is 321 g/mol. The summed E-state index contributed by atoms with van der Waals surface area (Å²) in [6.07, 6.45) is -2.80. The molecule has 7 heteroatoms. The number of aliphatic hydroxyl groups excluding tert-OH is 1. The maximum Gasteiger partial charge on any atom is 0.231 e. The van der Waals surface area contributed by atoms with E-state index in [9.17, 15) is 9.90 Å². The predicted octanol–water partition coefficient (Wildman–Crippen LogP) is 0.290. The van der Waals surface area contributed by atoms with Gasteiger partial charge in [-0.1, -0.05) is 6.07 Å². The average Bonchev–Trinajstić information content (AvgIpc) is 2.96. The minimum absolute atomic E-state index is 0.167. The van der Waals surface area contributed by atoms with Crippen molar-refractivity contribution in [2.75, 3.05) is 6.79 Å². The van der Waals surface area contributed by atoms with Crippen LogP contribution in [0.3, 0.4) is 0 Å². The van der Waals surface area contributed by atoms with Crippen LogP contribution < -0.4 is 15.2 Å². The number of ketones is 1. The summed E-state index contributed by atoms with van der Waals surface area (Å²) < 4.78 is 22.1. The van der Waals surface area contributed by atoms with Crippen LogP contribution in [-0.2, 0) is 14.3 Å². The number of hydrogen-bond acceptors (Lipinski definition) is 7. The molecule has 0 unspecified atom stereocenters. The second-order valence-corrected chi connectivity index (χ2v) is 6.59. The molecule has 7 nitrogen and oxygen atoms in total. The van der Waals surface area contributed by atoms with E-state index in [0.717, 1.165) is 5.56 Å². The third kappa shape index (κ3) is 2.23. The highest BCUT2D eigenvalue weighted by molar-refractivity contribution is 5.91. The van der Waals surface area contributed by atoms with Crippen molar-refractivity contribution in [3.05, 3.63) is 23.8 Å². The number of Topliss-reactive ketones (excluding diaryl/α,β-unsaturated/α-hetero) is 1. The molecule has 4 rings (SSSR count). The molecule has 0 spiro atoms. The normalized spacial score (nSPS) is 37.7. The van der Waals surface area contributed by atoms with Crippen molar-refractivity contribution in [3.63, 3.8) is 0 Å². The molecule has 2 heterocycles. The zero-order chi connectivity index (χ0) is 16.4. The molecule has 1 aliphatic carbocycles. The molecule has 3 N–H and O–H groups in total. The van der Waals surface area contributed by atoms with Crippen LogP contribution >= 0.6 is 0 Å². The summed E-state index contributed by atoms with van der Waals surface area (Å²) >= 11 is 0. The van der Waals surface area contributed by atoms with Gasteiger partial charge in [0.15, 0.2) is 23.1 Å². The molecule has 0 radical (unpaired) electrons. The van der Waals surface area contributed by atoms with Crippen LogP contribution in [0.1, 0.15) is 25.3 Å². The maximum atomic E-state index is 12.5. The molecule has 0 amide bonds. The van der Waals surface area contributed by atoms with Gasteiger partial charge in [0.25, 0.3) is 0 Å². The van der Waals surface area contributed by atoms with Crippen LogP contribution in [0, 0.1) is 0 Å². The molecule has 2 aliphatic heterocycles. The minimum atomic E-state index is -1.09. The van der Waals surface area contributed by atoms with E-state index in [4.69, 9.17) is 24.7 Å². The Hall–Kier alpha value is -1.67. The molecular weight excluding hydrogens is 302 g/mol. The van der Waals surface area contributed by atoms with Crippen molar-refractivity contribution < 1.29 is 28.8 Å². The summed E-state index contributed by atoms with van der Waals surface area (Å²) in [6.45, 7) is 3.61. The van der Waals surface area contributed by atoms with Gasteiger partial charge in [0.1, 0.15) is 18.3 Å². The van der Waals surface area contributed by atoms with Crippen LogP contribution in [0.15, 0.2) is 18.2 Å². The molecule has 3 aliphatic rings. The van der Waals surface area contributed by atoms with Crippen molar-refractivity contribution in [2.24, 2.45) is 5.73 Å². The molecular formula is C16H19NO6. The second-order valence-electron chi connectivity index (χ2n) is 6.59. The highest BCUT2D eigenvalue weighted by Crippen LogP contribution is 2.43. The SMILES string of the molecule is CC1(C)O[C@@H]2C(=O)[C@H](O1)[C@H](c1ccc3c(c1)OCO3)[C@@H](N)[C@@H]2O. The molecule has 2 bridgehead atoms. The van der Waals surface area contributed by atoms with Gasteiger partial charge in [0.05, 0.1) is 0 Å². The number of benzene rings is 1. The summed E-state index contributed by atoms with van der Waals surface area (Å²) in [5.74, 6) is -0.465. The summed E-state index contributed by atoms with van der Waals surface area (Å²) in [7, 11) is 0. The number of carbonyl (C=O) groups excluding carboxylic acids is 1. The predicted molar refractivity (Wildman–Crippen MR) is 78.1 cm³/mol. The van der Waals surface area contributed by atoms with Gasteiger partial charge in [-0.3, -0.25) is 4.79 Å². The van der Waals surface area contributed by atoms with Gasteiger partial charge in [0, 0.05) is 12.0 Å². The summed E-state index contributed by atoms with van der Waals surface area (Å²) in [6, 6.07) is 4.71. The molecule has 2 fully saturated rings. The lowest BCUT2D eigenvalue weighted by Crippen LogP contribution is -2.68. The molecule has 23 heavy (non-hydrogen) atoms. The fourth-order valence-corrected chi connectivity index (χ4v) is 3.54. The third-order valence-electron chi connectivity index (χ3n) is 4.61. The van der Waals surface area contributed by atoms with Crippen LogP contribution in [0.4, 0.5) is 0 Å². The molecule has 1 saturated heterocycles. The van der Waals surface area contributed by atoms with Crippen LogP contribution in [-0.4, -0.2) is 47.8 Å². The van der Waals surface area contributed by atoms with Gasteiger partial charge in [-0.05, 0) is 31.5 Å². The first-order valence-corrected chi connectivity index (χ1v) is 7.60. The smallest absolute Gasteiger partial charge is 0.231 e. The van der Waals surface area contributed by atoms with E-state index in [-0.39, 0.29) is 12.6 Å². The molecule has 124 valence electrons. The Kier molecular flexibility index (Phi) is 3.18. The fourth-order valence-electron chi connectivity index (χ4n) is 3.54. The number of fused-ring (bicyclic) bond motifs is 3. The zero-order valence-corrected chi connectivity index (χ0v) is 12.9. The van der Waals surface area contributed by atoms with Gasteiger partial charge >= 0.3 is 0 Å². The lowest BCUT2D eigenvalue weighted by atomic mass is 9.73. The third-order valence-corrected chi connectivity index (χ3v) is 4.61. The Morgan fingerprint density at radius 3 is 2.65 bits per heavy atom. The fraction of sp³-hybridized carbons (Fsp3) is 0.562. The van der Waals surface area contributed by atoms with Crippen molar-refractivity contribution in [1.82, 2.24) is 0 Å². The van der Waals surface area contributed by atoms with E-state index in [1.54, 1.807) is 26.0 Å². The molecule has 1 aromatic carbocycles. The summed E-state index contributed by atoms with van der Waals surface area (Å²) in [5, 5.41) is 10.4. The monoisotopic (exact) mass is 321 g/mol. The van der Waals surface area contributed by atoms with Crippen molar-refractivity contribution in [1.29, 1.82) is 0 Å². The number of ether oxygens (including phenoxy) is 4. The highest BCUT2D eigenvalue weighted by Gasteiger charge is 2.56. The van der Waals surface area contributed by atoms with Crippen molar-refractivity contribution in [3.8, 4) is 11.5 Å². The Bertz CT molecular complexity index is 660. The highest BCUT2D eigenvalue weighted by atomic mass is 16.7. The van der Waals surface area contributed by atoms with Crippen LogP contribution in [0.5, 0.6) is 11.5 Å². The topological polar surface area (TPSA) is 100 Å². The number of nitrogens with two attached hydrogens (primary N) is 1. The van der Waals surface area contributed by atoms with Gasteiger partial charge < -0.3 is 29.8 Å². The Balaban J connectivity index is 1.75. The van der Waals surface area contributed by atoms with Crippen LogP contribution in [0.2, 0.25) is 0 Å². The van der Waals surface area contributed by atoms with E-state index in [2.05, 4.69) is 0 Å². The zero-order valence-electron chi connectivity index (χ0n) is 12.9. The van der Waals surface area contributed by atoms with Gasteiger partial charge in [0.2, 0.25) is 6.79 Å². The number of carbonyl (C=O) groups is 1. The Labute approximate surface area is 133 Å². The van der Waals surface area contributed by atoms with E-state index in [1.807, 2.05) is 6.07 Å². The van der Waals surface area contributed by atoms with Gasteiger partial charge in [-0.25, -0.2) is 0 Å². The summed E-state index contributed by atoms with van der Waals surface area (Å²) in [4.78, 5) is 12.5. The standard InChI is InChI=1S/C16H19NO6/c1-16(2)22-14-10(11(17)12(18)15(23-16)13(14)19)7-3-4-8-9(5-7)21-6-20-8/h3-5,10-12,14-15,18H,6,17H2,1-2H3/t10-,11-,12+,14-,15+/m1/s1. The van der Waals surface area contributed by atoms with E-state index in [0.29, 0.717) is 11.5 Å². The first-order valence-electron chi connectivity index (χ1n) is 7.60. The lowest BCUT2D eigenvalue weighted by molar-refractivity contribution is -0.307. The van der Waals surface area contributed by atoms with Gasteiger partial charge in [-0.15, -0.1) is 0 Å².